The molecule has 1 aromatic rings. The first-order valence-corrected chi connectivity index (χ1v) is 6.95. The fraction of sp³-hybridized carbons (Fsp3) is 0.462. The Morgan fingerprint density at radius 1 is 1.53 bits per heavy atom. The van der Waals surface area contributed by atoms with Crippen LogP contribution in [0, 0.1) is 10.5 Å². The van der Waals surface area contributed by atoms with Crippen molar-refractivity contribution in [2.75, 3.05) is 5.32 Å². The number of halogens is 1. The van der Waals surface area contributed by atoms with Gasteiger partial charge in [0.2, 0.25) is 5.91 Å². The van der Waals surface area contributed by atoms with Gasteiger partial charge in [-0.1, -0.05) is 25.8 Å². The van der Waals surface area contributed by atoms with Crippen molar-refractivity contribution in [2.45, 2.75) is 39.2 Å². The van der Waals surface area contributed by atoms with E-state index in [9.17, 15) is 4.79 Å². The van der Waals surface area contributed by atoms with Gasteiger partial charge in [-0.3, -0.25) is 4.79 Å². The van der Waals surface area contributed by atoms with E-state index in [0.29, 0.717) is 0 Å². The second kappa shape index (κ2) is 6.96. The maximum Gasteiger partial charge on any atom is 0.241 e. The van der Waals surface area contributed by atoms with Gasteiger partial charge in [0.15, 0.2) is 0 Å². The Hall–Kier alpha value is -0.620. The van der Waals surface area contributed by atoms with Crippen LogP contribution in [0.4, 0.5) is 5.69 Å². The molecule has 1 unspecified atom stereocenters. The number of benzene rings is 1. The van der Waals surface area contributed by atoms with Crippen LogP contribution in [0.1, 0.15) is 31.7 Å². The molecule has 3 nitrogen and oxygen atoms in total. The van der Waals surface area contributed by atoms with Crippen molar-refractivity contribution >= 4 is 34.2 Å². The molecule has 0 aliphatic carbocycles. The molecule has 0 saturated carbocycles. The van der Waals surface area contributed by atoms with Gasteiger partial charge in [-0.15, -0.1) is 0 Å². The van der Waals surface area contributed by atoms with Gasteiger partial charge in [0, 0.05) is 9.26 Å². The van der Waals surface area contributed by atoms with Crippen LogP contribution in [0.3, 0.4) is 0 Å². The second-order valence-corrected chi connectivity index (χ2v) is 5.36. The fourth-order valence-electron chi connectivity index (χ4n) is 1.46. The topological polar surface area (TPSA) is 55.1 Å². The third kappa shape index (κ3) is 4.63. The van der Waals surface area contributed by atoms with Crippen LogP contribution in [0.15, 0.2) is 18.2 Å². The number of carbonyl (C=O) groups is 1. The van der Waals surface area contributed by atoms with E-state index in [0.717, 1.165) is 28.5 Å². The molecule has 0 bridgehead atoms. The average Bonchev–Trinajstić information content (AvgIpc) is 2.30. The van der Waals surface area contributed by atoms with Crippen molar-refractivity contribution in [3.8, 4) is 0 Å². The van der Waals surface area contributed by atoms with Gasteiger partial charge >= 0.3 is 0 Å². The maximum atomic E-state index is 11.8. The number of anilines is 1. The lowest BCUT2D eigenvalue weighted by Gasteiger charge is -2.12. The van der Waals surface area contributed by atoms with Gasteiger partial charge in [0.25, 0.3) is 0 Å². The lowest BCUT2D eigenvalue weighted by Crippen LogP contribution is -2.35. The Balaban J connectivity index is 2.58. The van der Waals surface area contributed by atoms with E-state index in [1.807, 2.05) is 25.1 Å². The smallest absolute Gasteiger partial charge is 0.241 e. The number of carbonyl (C=O) groups excluding carboxylic acids is 1. The van der Waals surface area contributed by atoms with Crippen LogP contribution >= 0.6 is 22.6 Å². The van der Waals surface area contributed by atoms with Crippen LogP contribution in [-0.2, 0) is 4.79 Å². The first-order valence-electron chi connectivity index (χ1n) is 5.87. The van der Waals surface area contributed by atoms with E-state index in [1.54, 1.807) is 0 Å². The summed E-state index contributed by atoms with van der Waals surface area (Å²) in [5.74, 6) is -0.0990. The third-order valence-electron chi connectivity index (χ3n) is 2.64. The van der Waals surface area contributed by atoms with Gasteiger partial charge in [-0.05, 0) is 53.6 Å². The van der Waals surface area contributed by atoms with Crippen LogP contribution in [0.5, 0.6) is 0 Å². The van der Waals surface area contributed by atoms with E-state index in [4.69, 9.17) is 5.73 Å². The molecule has 0 spiro atoms. The van der Waals surface area contributed by atoms with Crippen LogP contribution in [-0.4, -0.2) is 11.9 Å². The van der Waals surface area contributed by atoms with Gasteiger partial charge in [-0.25, -0.2) is 0 Å². The van der Waals surface area contributed by atoms with Crippen molar-refractivity contribution in [1.82, 2.24) is 0 Å². The molecule has 0 radical (unpaired) electrons. The largest absolute Gasteiger partial charge is 0.325 e. The van der Waals surface area contributed by atoms with E-state index in [2.05, 4.69) is 34.8 Å². The zero-order valence-electron chi connectivity index (χ0n) is 10.3. The minimum atomic E-state index is -0.408. The standard InChI is InChI=1S/C13H19IN2O/c1-3-4-5-12(15)13(17)16-10-7-6-9(2)11(14)8-10/h6-8,12H,3-5,15H2,1-2H3,(H,16,17). The minimum absolute atomic E-state index is 0.0990. The Labute approximate surface area is 116 Å². The van der Waals surface area contributed by atoms with E-state index in [1.165, 1.54) is 5.56 Å². The highest BCUT2D eigenvalue weighted by molar-refractivity contribution is 14.1. The molecule has 1 rings (SSSR count). The molecule has 0 aliphatic heterocycles. The summed E-state index contributed by atoms with van der Waals surface area (Å²) < 4.78 is 1.14. The highest BCUT2D eigenvalue weighted by Crippen LogP contribution is 2.17. The lowest BCUT2D eigenvalue weighted by atomic mass is 10.1. The number of aryl methyl sites for hydroxylation is 1. The van der Waals surface area contributed by atoms with Gasteiger partial charge in [-0.2, -0.15) is 0 Å². The highest BCUT2D eigenvalue weighted by Gasteiger charge is 2.12. The number of hydrogen-bond acceptors (Lipinski definition) is 2. The molecule has 4 heteroatoms. The number of unbranched alkanes of at least 4 members (excludes halogenated alkanes) is 1. The summed E-state index contributed by atoms with van der Waals surface area (Å²) >= 11 is 2.25. The van der Waals surface area contributed by atoms with Crippen LogP contribution < -0.4 is 11.1 Å². The van der Waals surface area contributed by atoms with Gasteiger partial charge in [0.05, 0.1) is 6.04 Å². The number of nitrogens with one attached hydrogen (secondary N) is 1. The molecule has 17 heavy (non-hydrogen) atoms. The first kappa shape index (κ1) is 14.4. The van der Waals surface area contributed by atoms with Gasteiger partial charge in [0.1, 0.15) is 0 Å². The summed E-state index contributed by atoms with van der Waals surface area (Å²) in [6.07, 6.45) is 2.79. The summed E-state index contributed by atoms with van der Waals surface area (Å²) in [4.78, 5) is 11.8. The maximum absolute atomic E-state index is 11.8. The molecule has 94 valence electrons. The molecule has 1 amide bonds. The SMILES string of the molecule is CCCCC(N)C(=O)Nc1ccc(C)c(I)c1. The van der Waals surface area contributed by atoms with Crippen molar-refractivity contribution in [2.24, 2.45) is 5.73 Å². The summed E-state index contributed by atoms with van der Waals surface area (Å²) in [7, 11) is 0. The fourth-order valence-corrected chi connectivity index (χ4v) is 1.98. The lowest BCUT2D eigenvalue weighted by molar-refractivity contribution is -0.117. The van der Waals surface area contributed by atoms with Crippen molar-refractivity contribution in [3.63, 3.8) is 0 Å². The molecule has 0 aliphatic rings. The summed E-state index contributed by atoms with van der Waals surface area (Å²) in [5.41, 5.74) is 7.83. The number of hydrogen-bond donors (Lipinski definition) is 2. The number of rotatable bonds is 5. The zero-order chi connectivity index (χ0) is 12.8. The molecule has 0 aromatic heterocycles. The second-order valence-electron chi connectivity index (χ2n) is 4.20. The highest BCUT2D eigenvalue weighted by atomic mass is 127. The minimum Gasteiger partial charge on any atom is -0.325 e. The average molecular weight is 346 g/mol. The normalized spacial score (nSPS) is 12.2. The molecule has 0 saturated heterocycles. The third-order valence-corrected chi connectivity index (χ3v) is 3.81. The Morgan fingerprint density at radius 3 is 2.82 bits per heavy atom. The predicted molar refractivity (Wildman–Crippen MR) is 80.0 cm³/mol. The Bertz CT molecular complexity index is 393. The predicted octanol–water partition coefficient (Wildman–Crippen LogP) is 3.06. The van der Waals surface area contributed by atoms with Crippen molar-refractivity contribution < 1.29 is 4.79 Å². The van der Waals surface area contributed by atoms with E-state index >= 15 is 0 Å². The first-order chi connectivity index (χ1) is 8.04. The molecule has 1 atom stereocenters. The van der Waals surface area contributed by atoms with Crippen LogP contribution in [0.2, 0.25) is 0 Å². The van der Waals surface area contributed by atoms with E-state index < -0.39 is 6.04 Å². The van der Waals surface area contributed by atoms with Gasteiger partial charge < -0.3 is 11.1 Å². The molecule has 3 N–H and O–H groups in total. The summed E-state index contributed by atoms with van der Waals surface area (Å²) in [6, 6.07) is 5.45. The monoisotopic (exact) mass is 346 g/mol. The molecule has 0 fully saturated rings. The molecular formula is C13H19IN2O. The van der Waals surface area contributed by atoms with E-state index in [-0.39, 0.29) is 5.91 Å². The summed E-state index contributed by atoms with van der Waals surface area (Å²) in [5, 5.41) is 2.85. The quantitative estimate of drug-likeness (QED) is 0.806. The van der Waals surface area contributed by atoms with Crippen molar-refractivity contribution in [3.05, 3.63) is 27.3 Å². The summed E-state index contributed by atoms with van der Waals surface area (Å²) in [6.45, 7) is 4.13. The Morgan fingerprint density at radius 2 is 2.24 bits per heavy atom. The van der Waals surface area contributed by atoms with Crippen LogP contribution in [0.25, 0.3) is 0 Å². The molecule has 0 heterocycles. The Kier molecular flexibility index (Phi) is 5.91. The number of nitrogens with two attached hydrogens (primary N) is 1. The zero-order valence-corrected chi connectivity index (χ0v) is 12.5. The number of amides is 1. The van der Waals surface area contributed by atoms with Crippen molar-refractivity contribution in [1.29, 1.82) is 0 Å². The molecule has 1 aromatic carbocycles. The molecular weight excluding hydrogens is 327 g/mol.